The number of piperazine rings is 1. The van der Waals surface area contributed by atoms with E-state index in [0.717, 1.165) is 10.3 Å². The summed E-state index contributed by atoms with van der Waals surface area (Å²) in [7, 11) is 0. The number of fused-ring (bicyclic) bond motifs is 1. The van der Waals surface area contributed by atoms with Crippen molar-refractivity contribution in [1.29, 1.82) is 0 Å². The summed E-state index contributed by atoms with van der Waals surface area (Å²) in [4.78, 5) is 54.8. The molecule has 33 heavy (non-hydrogen) atoms. The molecule has 0 spiro atoms. The number of rotatable bonds is 3. The SMILES string of the molecule is CC(C)(C)OC(=O)N1CCN(C(=O)CN2C(=O)NC(C)(c3cc4ccccc4o3)C2=O)CC1. The van der Waals surface area contributed by atoms with E-state index in [1.54, 1.807) is 44.7 Å². The molecule has 1 atom stereocenters. The highest BCUT2D eigenvalue weighted by atomic mass is 16.6. The predicted molar refractivity (Wildman–Crippen MR) is 118 cm³/mol. The molecule has 0 aliphatic carbocycles. The molecule has 10 heteroatoms. The monoisotopic (exact) mass is 456 g/mol. The molecular weight excluding hydrogens is 428 g/mol. The first-order chi connectivity index (χ1) is 15.5. The third-order valence-corrected chi connectivity index (χ3v) is 5.77. The molecule has 2 aliphatic heterocycles. The molecule has 2 aromatic rings. The van der Waals surface area contributed by atoms with Gasteiger partial charge in [-0.3, -0.25) is 14.5 Å². The van der Waals surface area contributed by atoms with E-state index in [4.69, 9.17) is 9.15 Å². The summed E-state index contributed by atoms with van der Waals surface area (Å²) in [5, 5.41) is 3.48. The Hall–Kier alpha value is -3.56. The number of nitrogens with one attached hydrogen (secondary N) is 1. The van der Waals surface area contributed by atoms with Crippen LogP contribution in [0.4, 0.5) is 9.59 Å². The number of benzene rings is 1. The van der Waals surface area contributed by atoms with Gasteiger partial charge < -0.3 is 24.3 Å². The quantitative estimate of drug-likeness (QED) is 0.709. The normalized spacial score (nSPS) is 21.5. The Kier molecular flexibility index (Phi) is 5.55. The van der Waals surface area contributed by atoms with Gasteiger partial charge in [0.25, 0.3) is 5.91 Å². The molecule has 1 aromatic heterocycles. The number of para-hydroxylation sites is 1. The van der Waals surface area contributed by atoms with E-state index in [-0.39, 0.29) is 12.5 Å². The summed E-state index contributed by atoms with van der Waals surface area (Å²) < 4.78 is 11.2. The number of hydrogen-bond acceptors (Lipinski definition) is 6. The fourth-order valence-corrected chi connectivity index (χ4v) is 3.94. The Morgan fingerprint density at radius 2 is 1.73 bits per heavy atom. The van der Waals surface area contributed by atoms with Gasteiger partial charge in [-0.15, -0.1) is 0 Å². The Balaban J connectivity index is 1.39. The van der Waals surface area contributed by atoms with Gasteiger partial charge in [-0.25, -0.2) is 9.59 Å². The van der Waals surface area contributed by atoms with Gasteiger partial charge in [-0.05, 0) is 39.8 Å². The van der Waals surface area contributed by atoms with Gasteiger partial charge in [-0.2, -0.15) is 0 Å². The largest absolute Gasteiger partial charge is 0.458 e. The van der Waals surface area contributed by atoms with Crippen molar-refractivity contribution < 1.29 is 28.3 Å². The summed E-state index contributed by atoms with van der Waals surface area (Å²) in [6.07, 6.45) is -0.426. The standard InChI is InChI=1S/C23H28N4O6/c1-22(2,3)33-21(31)26-11-9-25(10-12-26)18(28)14-27-19(29)23(4,24-20(27)30)17-13-15-7-5-6-8-16(15)32-17/h5-8,13H,9-12,14H2,1-4H3,(H,24,30). The van der Waals surface area contributed by atoms with Gasteiger partial charge in [0.05, 0.1) is 0 Å². The van der Waals surface area contributed by atoms with Crippen molar-refractivity contribution in [2.75, 3.05) is 32.7 Å². The smallest absolute Gasteiger partial charge is 0.410 e. The van der Waals surface area contributed by atoms with Gasteiger partial charge in [0, 0.05) is 31.6 Å². The first-order valence-electron chi connectivity index (χ1n) is 10.9. The number of imide groups is 1. The van der Waals surface area contributed by atoms with E-state index in [1.165, 1.54) is 4.90 Å². The van der Waals surface area contributed by atoms with Gasteiger partial charge >= 0.3 is 12.1 Å². The van der Waals surface area contributed by atoms with E-state index in [9.17, 15) is 19.2 Å². The molecule has 3 heterocycles. The van der Waals surface area contributed by atoms with Gasteiger partial charge in [0.15, 0.2) is 5.54 Å². The molecule has 1 unspecified atom stereocenters. The van der Waals surface area contributed by atoms with Crippen LogP contribution >= 0.6 is 0 Å². The van der Waals surface area contributed by atoms with Crippen LogP contribution in [-0.4, -0.2) is 77.0 Å². The first-order valence-corrected chi connectivity index (χ1v) is 10.9. The zero-order chi connectivity index (χ0) is 24.0. The highest BCUT2D eigenvalue weighted by Crippen LogP contribution is 2.33. The maximum atomic E-state index is 13.1. The van der Waals surface area contributed by atoms with E-state index in [2.05, 4.69) is 5.32 Å². The molecule has 176 valence electrons. The number of furan rings is 1. The van der Waals surface area contributed by atoms with Gasteiger partial charge in [-0.1, -0.05) is 18.2 Å². The van der Waals surface area contributed by atoms with Gasteiger partial charge in [0.1, 0.15) is 23.5 Å². The second-order valence-electron chi connectivity index (χ2n) is 9.44. The number of amides is 5. The van der Waals surface area contributed by atoms with Crippen LogP contribution in [0.1, 0.15) is 33.5 Å². The lowest BCUT2D eigenvalue weighted by Crippen LogP contribution is -2.54. The molecule has 1 aromatic carbocycles. The number of ether oxygens (including phenoxy) is 1. The highest BCUT2D eigenvalue weighted by Gasteiger charge is 2.52. The second-order valence-corrected chi connectivity index (χ2v) is 9.44. The average Bonchev–Trinajstić information content (AvgIpc) is 3.28. The molecule has 10 nitrogen and oxygen atoms in total. The maximum Gasteiger partial charge on any atom is 0.410 e. The molecule has 0 saturated carbocycles. The van der Waals surface area contributed by atoms with Crippen LogP contribution in [0.5, 0.6) is 0 Å². The van der Waals surface area contributed by atoms with Crippen LogP contribution in [0.15, 0.2) is 34.7 Å². The zero-order valence-electron chi connectivity index (χ0n) is 19.2. The molecule has 2 aliphatic rings. The Morgan fingerprint density at radius 1 is 1.09 bits per heavy atom. The summed E-state index contributed by atoms with van der Waals surface area (Å²) >= 11 is 0. The van der Waals surface area contributed by atoms with Crippen LogP contribution in [0.3, 0.4) is 0 Å². The fourth-order valence-electron chi connectivity index (χ4n) is 3.94. The van der Waals surface area contributed by atoms with Crippen molar-refractivity contribution in [3.8, 4) is 0 Å². The Morgan fingerprint density at radius 3 is 2.36 bits per heavy atom. The molecule has 1 N–H and O–H groups in total. The average molecular weight is 456 g/mol. The Bertz CT molecular complexity index is 1080. The van der Waals surface area contributed by atoms with Crippen LogP contribution in [0, 0.1) is 0 Å². The molecular formula is C23H28N4O6. The summed E-state index contributed by atoms with van der Waals surface area (Å²) in [6, 6.07) is 8.37. The molecule has 2 saturated heterocycles. The van der Waals surface area contributed by atoms with Crippen LogP contribution in [-0.2, 0) is 19.9 Å². The van der Waals surface area contributed by atoms with E-state index < -0.39 is 29.2 Å². The number of nitrogens with zero attached hydrogens (tertiary/aromatic N) is 3. The lowest BCUT2D eigenvalue weighted by atomic mass is 9.99. The molecule has 4 rings (SSSR count). The number of urea groups is 1. The van der Waals surface area contributed by atoms with Crippen LogP contribution < -0.4 is 5.32 Å². The maximum absolute atomic E-state index is 13.1. The zero-order valence-corrected chi connectivity index (χ0v) is 19.2. The molecule has 0 radical (unpaired) electrons. The van der Waals surface area contributed by atoms with E-state index >= 15 is 0 Å². The summed E-state index contributed by atoms with van der Waals surface area (Å²) in [6.45, 7) is 7.79. The van der Waals surface area contributed by atoms with Crippen molar-refractivity contribution in [3.05, 3.63) is 36.1 Å². The second kappa shape index (κ2) is 8.09. The Labute approximate surface area is 191 Å². The minimum Gasteiger partial charge on any atom is -0.458 e. The summed E-state index contributed by atoms with van der Waals surface area (Å²) in [5.41, 5.74) is -1.39. The predicted octanol–water partition coefficient (Wildman–Crippen LogP) is 2.28. The lowest BCUT2D eigenvalue weighted by molar-refractivity contribution is -0.140. The van der Waals surface area contributed by atoms with Crippen molar-refractivity contribution in [2.45, 2.75) is 38.8 Å². The first kappa shape index (κ1) is 22.6. The number of carbonyl (C=O) groups is 4. The van der Waals surface area contributed by atoms with E-state index in [0.29, 0.717) is 37.5 Å². The van der Waals surface area contributed by atoms with Crippen LogP contribution in [0.2, 0.25) is 0 Å². The summed E-state index contributed by atoms with van der Waals surface area (Å²) in [5.74, 6) is -0.605. The van der Waals surface area contributed by atoms with Crippen molar-refractivity contribution in [2.24, 2.45) is 0 Å². The number of carbonyl (C=O) groups excluding carboxylic acids is 4. The van der Waals surface area contributed by atoms with Gasteiger partial charge in [0.2, 0.25) is 5.91 Å². The highest BCUT2D eigenvalue weighted by molar-refractivity contribution is 6.09. The minimum atomic E-state index is -1.40. The van der Waals surface area contributed by atoms with E-state index in [1.807, 2.05) is 18.2 Å². The molecule has 0 bridgehead atoms. The topological polar surface area (TPSA) is 112 Å². The fraction of sp³-hybridized carbons (Fsp3) is 0.478. The van der Waals surface area contributed by atoms with Crippen molar-refractivity contribution in [3.63, 3.8) is 0 Å². The minimum absolute atomic E-state index is 0.294. The van der Waals surface area contributed by atoms with Crippen molar-refractivity contribution in [1.82, 2.24) is 20.0 Å². The third-order valence-electron chi connectivity index (χ3n) is 5.77. The van der Waals surface area contributed by atoms with Crippen molar-refractivity contribution >= 4 is 34.9 Å². The molecule has 2 fully saturated rings. The lowest BCUT2D eigenvalue weighted by Gasteiger charge is -2.36. The third kappa shape index (κ3) is 4.37. The molecule has 5 amide bonds. The van der Waals surface area contributed by atoms with Crippen LogP contribution in [0.25, 0.3) is 11.0 Å². The number of hydrogen-bond donors (Lipinski definition) is 1.